The summed E-state index contributed by atoms with van der Waals surface area (Å²) in [5.41, 5.74) is 0. The minimum atomic E-state index is -1.39. The first-order valence-electron chi connectivity index (χ1n) is 1.72. The van der Waals surface area contributed by atoms with E-state index in [-0.39, 0.29) is 11.5 Å². The van der Waals surface area contributed by atoms with E-state index in [0.717, 1.165) is 0 Å². The molecule has 0 saturated heterocycles. The lowest BCUT2D eigenvalue weighted by Crippen LogP contribution is -1.98. The van der Waals surface area contributed by atoms with Gasteiger partial charge in [-0.25, -0.2) is 8.42 Å². The molecule has 0 aromatic rings. The van der Waals surface area contributed by atoms with Gasteiger partial charge >= 0.3 is 0 Å². The van der Waals surface area contributed by atoms with E-state index < -0.39 is 20.0 Å². The van der Waals surface area contributed by atoms with E-state index in [0.29, 0.717) is 0 Å². The Labute approximate surface area is 61.5 Å². The Morgan fingerprint density at radius 2 is 1.25 bits per heavy atom. The van der Waals surface area contributed by atoms with Crippen LogP contribution in [0.15, 0.2) is 0 Å². The van der Waals surface area contributed by atoms with Crippen LogP contribution in [-0.4, -0.2) is 19.9 Å². The second kappa shape index (κ2) is 4.73. The van der Waals surface area contributed by atoms with Gasteiger partial charge in [0, 0.05) is 0 Å². The molecule has 0 aliphatic rings. The van der Waals surface area contributed by atoms with Crippen LogP contribution in [0.5, 0.6) is 0 Å². The molecular weight excluding hydrogens is 191 g/mol. The number of hydrogen-bond donors (Lipinski definition) is 0. The third kappa shape index (κ3) is 6.88. The average molecular weight is 195 g/mol. The maximum atomic E-state index is 10.0. The fraction of sp³-hybridized carbons (Fsp3) is 1.00. The van der Waals surface area contributed by atoms with Gasteiger partial charge in [0.2, 0.25) is 0 Å². The SMILES string of the molecule is O=S(Cl)CCS(=O)Cl. The average Bonchev–Trinajstić information content (AvgIpc) is 1.61. The zero-order valence-electron chi connectivity index (χ0n) is 3.80. The van der Waals surface area contributed by atoms with E-state index in [1.807, 2.05) is 0 Å². The van der Waals surface area contributed by atoms with Gasteiger partial charge < -0.3 is 0 Å². The normalized spacial score (nSPS) is 17.8. The molecule has 0 saturated carbocycles. The largest absolute Gasteiger partial charge is 0.243 e. The highest BCUT2D eigenvalue weighted by molar-refractivity contribution is 8.11. The van der Waals surface area contributed by atoms with Crippen molar-refractivity contribution in [3.8, 4) is 0 Å². The first kappa shape index (κ1) is 8.88. The van der Waals surface area contributed by atoms with Gasteiger partial charge in [0.05, 0.1) is 11.5 Å². The van der Waals surface area contributed by atoms with Crippen LogP contribution in [0.1, 0.15) is 0 Å². The van der Waals surface area contributed by atoms with Crippen molar-refractivity contribution in [2.45, 2.75) is 0 Å². The second-order valence-corrected chi connectivity index (χ2v) is 5.03. The molecule has 0 bridgehead atoms. The van der Waals surface area contributed by atoms with E-state index in [4.69, 9.17) is 21.4 Å². The summed E-state index contributed by atoms with van der Waals surface area (Å²) in [6, 6.07) is 0. The molecule has 8 heavy (non-hydrogen) atoms. The van der Waals surface area contributed by atoms with Crippen LogP contribution in [0.25, 0.3) is 0 Å². The van der Waals surface area contributed by atoms with Crippen molar-refractivity contribution in [1.29, 1.82) is 0 Å². The van der Waals surface area contributed by atoms with E-state index in [9.17, 15) is 8.42 Å². The van der Waals surface area contributed by atoms with Gasteiger partial charge in [0.25, 0.3) is 0 Å². The van der Waals surface area contributed by atoms with Gasteiger partial charge in [-0.15, -0.1) is 0 Å². The number of hydrogen-bond acceptors (Lipinski definition) is 2. The van der Waals surface area contributed by atoms with Crippen molar-refractivity contribution in [3.05, 3.63) is 0 Å². The third-order valence-corrected chi connectivity index (χ3v) is 2.64. The Morgan fingerprint density at radius 1 is 1.00 bits per heavy atom. The maximum Gasteiger partial charge on any atom is 0.115 e. The van der Waals surface area contributed by atoms with Crippen LogP contribution >= 0.6 is 21.4 Å². The van der Waals surface area contributed by atoms with Crippen LogP contribution in [0.4, 0.5) is 0 Å². The van der Waals surface area contributed by atoms with Crippen molar-refractivity contribution in [1.82, 2.24) is 0 Å². The summed E-state index contributed by atoms with van der Waals surface area (Å²) < 4.78 is 20.1. The molecule has 0 N–H and O–H groups in total. The first-order valence-corrected chi connectivity index (χ1v) is 6.01. The van der Waals surface area contributed by atoms with E-state index in [2.05, 4.69) is 0 Å². The Hall–Kier alpha value is 0.880. The molecule has 6 heteroatoms. The Bertz CT molecular complexity index is 101. The van der Waals surface area contributed by atoms with Gasteiger partial charge in [0.1, 0.15) is 20.0 Å². The lowest BCUT2D eigenvalue weighted by molar-refractivity contribution is 0.687. The molecular formula is C2H4Cl2O2S2. The highest BCUT2D eigenvalue weighted by atomic mass is 35.7. The molecule has 50 valence electrons. The van der Waals surface area contributed by atoms with Gasteiger partial charge in [-0.1, -0.05) is 0 Å². The molecule has 0 radical (unpaired) electrons. The standard InChI is InChI=1S/C2H4Cl2O2S2/c3-7(5)1-2-8(4)6/h1-2H2. The minimum Gasteiger partial charge on any atom is -0.243 e. The molecule has 0 aliphatic carbocycles. The van der Waals surface area contributed by atoms with Gasteiger partial charge in [-0.3, -0.25) is 0 Å². The summed E-state index contributed by atoms with van der Waals surface area (Å²) >= 11 is 0. The molecule has 0 aliphatic heterocycles. The fourth-order valence-corrected chi connectivity index (χ4v) is 2.31. The van der Waals surface area contributed by atoms with Crippen LogP contribution < -0.4 is 0 Å². The molecule has 0 spiro atoms. The predicted molar refractivity (Wildman–Crippen MR) is 37.7 cm³/mol. The first-order chi connectivity index (χ1) is 3.63. The summed E-state index contributed by atoms with van der Waals surface area (Å²) in [6.45, 7) is 0. The highest BCUT2D eigenvalue weighted by Gasteiger charge is 1.96. The molecule has 2 unspecified atom stereocenters. The zero-order valence-corrected chi connectivity index (χ0v) is 6.95. The van der Waals surface area contributed by atoms with E-state index in [1.54, 1.807) is 0 Å². The van der Waals surface area contributed by atoms with Crippen LogP contribution in [0.2, 0.25) is 0 Å². The predicted octanol–water partition coefficient (Wildman–Crippen LogP) is 0.791. The Balaban J connectivity index is 3.18. The molecule has 0 fully saturated rings. The maximum absolute atomic E-state index is 10.0. The summed E-state index contributed by atoms with van der Waals surface area (Å²) in [4.78, 5) is 0. The molecule has 0 rings (SSSR count). The van der Waals surface area contributed by atoms with Gasteiger partial charge in [-0.2, -0.15) is 0 Å². The Morgan fingerprint density at radius 3 is 1.38 bits per heavy atom. The quantitative estimate of drug-likeness (QED) is 0.624. The Kier molecular flexibility index (Phi) is 5.25. The van der Waals surface area contributed by atoms with Crippen molar-refractivity contribution in [3.63, 3.8) is 0 Å². The molecule has 0 aromatic heterocycles. The van der Waals surface area contributed by atoms with Crippen molar-refractivity contribution < 1.29 is 8.42 Å². The molecule has 0 amide bonds. The van der Waals surface area contributed by atoms with Crippen LogP contribution in [-0.2, 0) is 20.0 Å². The fourth-order valence-electron chi connectivity index (χ4n) is 0.131. The zero-order chi connectivity index (χ0) is 6.57. The van der Waals surface area contributed by atoms with Crippen LogP contribution in [0, 0.1) is 0 Å². The summed E-state index contributed by atoms with van der Waals surface area (Å²) in [5.74, 6) is 0.384. The van der Waals surface area contributed by atoms with Crippen molar-refractivity contribution in [2.24, 2.45) is 0 Å². The van der Waals surface area contributed by atoms with Crippen LogP contribution in [0.3, 0.4) is 0 Å². The van der Waals surface area contributed by atoms with Gasteiger partial charge in [0.15, 0.2) is 0 Å². The molecule has 0 aromatic carbocycles. The topological polar surface area (TPSA) is 34.1 Å². The molecule has 2 nitrogen and oxygen atoms in total. The monoisotopic (exact) mass is 194 g/mol. The lowest BCUT2D eigenvalue weighted by Gasteiger charge is -1.85. The second-order valence-electron chi connectivity index (χ2n) is 0.988. The molecule has 2 atom stereocenters. The van der Waals surface area contributed by atoms with E-state index in [1.165, 1.54) is 0 Å². The van der Waals surface area contributed by atoms with Crippen molar-refractivity contribution >= 4 is 41.4 Å². The number of rotatable bonds is 3. The third-order valence-electron chi connectivity index (χ3n) is 0.404. The summed E-state index contributed by atoms with van der Waals surface area (Å²) in [7, 11) is 7.22. The number of halogens is 2. The highest BCUT2D eigenvalue weighted by Crippen LogP contribution is 1.93. The minimum absolute atomic E-state index is 0.192. The molecule has 0 heterocycles. The summed E-state index contributed by atoms with van der Waals surface area (Å²) in [6.07, 6.45) is 0. The smallest absolute Gasteiger partial charge is 0.115 e. The summed E-state index contributed by atoms with van der Waals surface area (Å²) in [5, 5.41) is 0. The van der Waals surface area contributed by atoms with E-state index >= 15 is 0 Å². The van der Waals surface area contributed by atoms with Crippen molar-refractivity contribution in [2.75, 3.05) is 11.5 Å². The van der Waals surface area contributed by atoms with Gasteiger partial charge in [-0.05, 0) is 21.4 Å². The lowest BCUT2D eigenvalue weighted by atomic mass is 11.0.